The summed E-state index contributed by atoms with van der Waals surface area (Å²) in [7, 11) is 0. The molecule has 0 radical (unpaired) electrons. The number of fused-ring (bicyclic) bond motifs is 4. The molecule has 7 aromatic rings. The predicted octanol–water partition coefficient (Wildman–Crippen LogP) is 18.3. The Morgan fingerprint density at radius 3 is 1.44 bits per heavy atom. The summed E-state index contributed by atoms with van der Waals surface area (Å²) in [5.41, 5.74) is 22.5. The van der Waals surface area contributed by atoms with Crippen molar-refractivity contribution in [1.82, 2.24) is 4.98 Å². The number of hydrogen-bond acceptors (Lipinski definition) is 4. The number of rotatable bonds is 5. The van der Waals surface area contributed by atoms with Gasteiger partial charge in [-0.15, -0.1) is 0 Å². The Hall–Kier alpha value is -5.81. The van der Waals surface area contributed by atoms with Crippen LogP contribution in [-0.2, 0) is 37.9 Å². The fourth-order valence-corrected chi connectivity index (χ4v) is 15.0. The van der Waals surface area contributed by atoms with Gasteiger partial charge in [-0.1, -0.05) is 185 Å². The van der Waals surface area contributed by atoms with Crippen LogP contribution in [-0.4, -0.2) is 11.7 Å². The Morgan fingerprint density at radius 2 is 0.923 bits per heavy atom. The molecule has 0 unspecified atom stereocenters. The van der Waals surface area contributed by atoms with Crippen molar-refractivity contribution in [2.24, 2.45) is 17.8 Å². The molecule has 2 aliphatic heterocycles. The second-order valence-electron chi connectivity index (χ2n) is 31.4. The zero-order valence-corrected chi connectivity index (χ0v) is 50.8. The lowest BCUT2D eigenvalue weighted by Gasteiger charge is -2.57. The molecule has 13 rings (SSSR count). The molecule has 4 fully saturated rings. The lowest BCUT2D eigenvalue weighted by atomic mass is 9.35. The summed E-state index contributed by atoms with van der Waals surface area (Å²) in [5, 5.41) is 0. The minimum atomic E-state index is -0.179. The summed E-state index contributed by atoms with van der Waals surface area (Å²) < 4.78 is 7.57. The first-order valence-electron chi connectivity index (χ1n) is 29.8. The quantitative estimate of drug-likeness (QED) is 0.161. The molecule has 6 aliphatic rings. The number of hydrogen-bond donors (Lipinski definition) is 0. The standard InChI is InChI=1S/C73H88BN3O/c1-67(2,3)50-25-23-48(24-26-50)47-19-21-49(22-20-47)65-75-64-66(78-65)77(56-35-52(69(7,8)9)34-53(36-56)70(10,11)12)62-39-54(73-41-44-31-45(42-73)33-46(32-44)43-73)38-61-63(62)74(64)59-37-51(68(4,5)6)27-30-60(59)76(61)55-28-29-57(71(13,14)15)58(40-55)72(16,17)18/h19-30,34-40,44-46H,31-33,41-43H2,1-18H3. The Labute approximate surface area is 470 Å². The number of oxazole rings is 1. The van der Waals surface area contributed by atoms with E-state index in [0.717, 1.165) is 40.5 Å². The predicted molar refractivity (Wildman–Crippen MR) is 333 cm³/mol. The fraction of sp³-hybridized carbons (Fsp3) is 0.466. The monoisotopic (exact) mass is 1030 g/mol. The van der Waals surface area contributed by atoms with Crippen molar-refractivity contribution >= 4 is 57.6 Å². The van der Waals surface area contributed by atoms with Crippen molar-refractivity contribution in [3.8, 4) is 22.6 Å². The maximum atomic E-state index is 7.57. The maximum absolute atomic E-state index is 7.57. The van der Waals surface area contributed by atoms with Crippen molar-refractivity contribution < 1.29 is 4.42 Å². The molecule has 5 heteroatoms. The normalized spacial score (nSPS) is 21.0. The summed E-state index contributed by atoms with van der Waals surface area (Å²) >= 11 is 0. The minimum absolute atomic E-state index is 0.0155. The molecule has 1 aromatic heterocycles. The maximum Gasteiger partial charge on any atom is 0.279 e. The first-order valence-corrected chi connectivity index (χ1v) is 29.8. The van der Waals surface area contributed by atoms with Crippen molar-refractivity contribution in [3.05, 3.63) is 154 Å². The zero-order valence-electron chi connectivity index (χ0n) is 50.8. The second-order valence-corrected chi connectivity index (χ2v) is 31.4. The average Bonchev–Trinajstić information content (AvgIpc) is 3.51. The highest BCUT2D eigenvalue weighted by Crippen LogP contribution is 2.62. The van der Waals surface area contributed by atoms with Crippen LogP contribution >= 0.6 is 0 Å². The molecule has 0 N–H and O–H groups in total. The van der Waals surface area contributed by atoms with Crippen LogP contribution in [0.2, 0.25) is 0 Å². The van der Waals surface area contributed by atoms with Gasteiger partial charge < -0.3 is 9.32 Å². The molecule has 404 valence electrons. The molecule has 3 heterocycles. The summed E-state index contributed by atoms with van der Waals surface area (Å²) in [6, 6.07) is 45.6. The minimum Gasteiger partial charge on any atom is -0.420 e. The smallest absolute Gasteiger partial charge is 0.279 e. The van der Waals surface area contributed by atoms with Crippen LogP contribution in [0.5, 0.6) is 0 Å². The highest BCUT2D eigenvalue weighted by Gasteiger charge is 2.54. The Bertz CT molecular complexity index is 3430. The lowest BCUT2D eigenvalue weighted by Crippen LogP contribution is -2.62. The van der Waals surface area contributed by atoms with Crippen LogP contribution in [0.1, 0.15) is 202 Å². The van der Waals surface area contributed by atoms with E-state index >= 15 is 0 Å². The topological polar surface area (TPSA) is 32.5 Å². The first-order chi connectivity index (χ1) is 36.3. The third-order valence-electron chi connectivity index (χ3n) is 19.1. The molecule has 4 aliphatic carbocycles. The van der Waals surface area contributed by atoms with E-state index in [1.165, 1.54) is 122 Å². The molecule has 78 heavy (non-hydrogen) atoms. The highest BCUT2D eigenvalue weighted by molar-refractivity contribution is 6.99. The van der Waals surface area contributed by atoms with E-state index in [-0.39, 0.29) is 44.6 Å². The molecule has 0 amide bonds. The summed E-state index contributed by atoms with van der Waals surface area (Å²) in [6.45, 7) is 42.2. The van der Waals surface area contributed by atoms with Crippen LogP contribution in [0.15, 0.2) is 120 Å². The molecule has 0 atom stereocenters. The molecule has 4 bridgehead atoms. The van der Waals surface area contributed by atoms with E-state index in [9.17, 15) is 0 Å². The molecular weight excluding hydrogens is 946 g/mol. The van der Waals surface area contributed by atoms with E-state index in [2.05, 4.69) is 250 Å². The average molecular weight is 1030 g/mol. The Balaban J connectivity index is 1.16. The van der Waals surface area contributed by atoms with Gasteiger partial charge in [0.1, 0.15) is 0 Å². The number of nitrogens with zero attached hydrogens (tertiary/aromatic N) is 3. The van der Waals surface area contributed by atoms with Gasteiger partial charge in [-0.25, -0.2) is 4.98 Å². The molecule has 4 saturated carbocycles. The van der Waals surface area contributed by atoms with Gasteiger partial charge >= 0.3 is 0 Å². The fourth-order valence-electron chi connectivity index (χ4n) is 15.0. The molecule has 0 saturated heterocycles. The number of anilines is 6. The van der Waals surface area contributed by atoms with Gasteiger partial charge in [-0.2, -0.15) is 0 Å². The van der Waals surface area contributed by atoms with Crippen LogP contribution in [0.4, 0.5) is 34.3 Å². The van der Waals surface area contributed by atoms with Crippen LogP contribution in [0.25, 0.3) is 22.6 Å². The first kappa shape index (κ1) is 52.9. The van der Waals surface area contributed by atoms with E-state index < -0.39 is 0 Å². The van der Waals surface area contributed by atoms with Crippen molar-refractivity contribution in [3.63, 3.8) is 0 Å². The Kier molecular flexibility index (Phi) is 11.9. The zero-order chi connectivity index (χ0) is 55.6. The lowest BCUT2D eigenvalue weighted by molar-refractivity contribution is -0.00514. The van der Waals surface area contributed by atoms with Gasteiger partial charge in [0.2, 0.25) is 11.8 Å². The van der Waals surface area contributed by atoms with Crippen molar-refractivity contribution in [2.75, 3.05) is 9.80 Å². The van der Waals surface area contributed by atoms with E-state index in [1.54, 1.807) is 0 Å². The van der Waals surface area contributed by atoms with Crippen molar-refractivity contribution in [2.45, 2.75) is 201 Å². The van der Waals surface area contributed by atoms with Crippen LogP contribution in [0, 0.1) is 17.8 Å². The summed E-state index contributed by atoms with van der Waals surface area (Å²) in [6.07, 6.45) is 8.05. The van der Waals surface area contributed by atoms with Gasteiger partial charge in [0.05, 0.1) is 5.59 Å². The summed E-state index contributed by atoms with van der Waals surface area (Å²) in [5.74, 6) is 3.88. The van der Waals surface area contributed by atoms with E-state index in [1.807, 2.05) is 0 Å². The number of aromatic nitrogens is 1. The van der Waals surface area contributed by atoms with E-state index in [0.29, 0.717) is 5.89 Å². The van der Waals surface area contributed by atoms with Gasteiger partial charge in [0.25, 0.3) is 6.71 Å². The molecule has 4 nitrogen and oxygen atoms in total. The summed E-state index contributed by atoms with van der Waals surface area (Å²) in [4.78, 5) is 11.1. The van der Waals surface area contributed by atoms with Gasteiger partial charge in [0, 0.05) is 34.0 Å². The molecule has 6 aromatic carbocycles. The largest absolute Gasteiger partial charge is 0.420 e. The molecular formula is C73H88BN3O. The number of benzene rings is 6. The second kappa shape index (κ2) is 17.6. The highest BCUT2D eigenvalue weighted by atomic mass is 16.4. The molecule has 0 spiro atoms. The third-order valence-corrected chi connectivity index (χ3v) is 19.1. The Morgan fingerprint density at radius 1 is 0.436 bits per heavy atom. The van der Waals surface area contributed by atoms with Crippen LogP contribution < -0.4 is 26.3 Å². The van der Waals surface area contributed by atoms with Gasteiger partial charge in [0.15, 0.2) is 0 Å². The van der Waals surface area contributed by atoms with Crippen LogP contribution in [0.3, 0.4) is 0 Å². The van der Waals surface area contributed by atoms with Gasteiger partial charge in [-0.3, -0.25) is 4.90 Å². The SMILES string of the molecule is CC(C)(C)c1ccc(-c2ccc(-c3nc4c(o3)N(c3cc(C(C)(C)C)cc(C(C)(C)C)c3)c3cc(C56CC7CC(CC(C7)C5)C6)cc5c3B4c3cc(C(C)(C)C)ccc3N5c3ccc(C(C)(C)C)c(C(C)(C)C)c3)cc2)cc1. The van der Waals surface area contributed by atoms with Gasteiger partial charge in [-0.05, 0) is 210 Å². The third kappa shape index (κ3) is 9.00. The van der Waals surface area contributed by atoms with Crippen molar-refractivity contribution in [1.29, 1.82) is 0 Å². The van der Waals surface area contributed by atoms with E-state index in [4.69, 9.17) is 9.40 Å².